The smallest absolute Gasteiger partial charge is 0.0241 e. The second-order valence-corrected chi connectivity index (χ2v) is 6.18. The molecule has 3 aliphatic rings. The fraction of sp³-hybridized carbons (Fsp3) is 1.00. The predicted molar refractivity (Wildman–Crippen MR) is 60.3 cm³/mol. The van der Waals surface area contributed by atoms with E-state index in [1.54, 1.807) is 77.0 Å². The third-order valence-corrected chi connectivity index (χ3v) is 5.81. The minimum absolute atomic E-state index is 0.849. The summed E-state index contributed by atoms with van der Waals surface area (Å²) < 4.78 is 0. The Morgan fingerprint density at radius 1 is 0.357 bits per heavy atom. The van der Waals surface area contributed by atoms with Crippen molar-refractivity contribution in [1.82, 2.24) is 0 Å². The Morgan fingerprint density at radius 3 is 0.786 bits per heavy atom. The van der Waals surface area contributed by atoms with Crippen LogP contribution in [0.25, 0.3) is 0 Å². The average molecular weight is 192 g/mol. The highest BCUT2D eigenvalue weighted by Crippen LogP contribution is 2.65. The molecule has 80 valence electrons. The van der Waals surface area contributed by atoms with Gasteiger partial charge in [-0.05, 0) is 49.4 Å². The molecule has 0 spiro atoms. The Morgan fingerprint density at radius 2 is 0.571 bits per heavy atom. The average Bonchev–Trinajstić information content (AvgIpc) is 2.27. The van der Waals surface area contributed by atoms with E-state index in [9.17, 15) is 0 Å². The Kier molecular flexibility index (Phi) is 2.15. The molecule has 14 heavy (non-hydrogen) atoms. The number of hydrogen-bond acceptors (Lipinski definition) is 0. The van der Waals surface area contributed by atoms with Crippen LogP contribution in [-0.4, -0.2) is 0 Å². The summed E-state index contributed by atoms with van der Waals surface area (Å²) in [5.74, 6) is 0. The van der Waals surface area contributed by atoms with Crippen molar-refractivity contribution in [3.63, 3.8) is 0 Å². The molecule has 0 aliphatic heterocycles. The van der Waals surface area contributed by atoms with Gasteiger partial charge in [-0.1, -0.05) is 38.5 Å². The van der Waals surface area contributed by atoms with Crippen LogP contribution < -0.4 is 0 Å². The Labute approximate surface area is 88.5 Å². The molecule has 0 aromatic rings. The largest absolute Gasteiger partial charge is 0.0527 e. The van der Waals surface area contributed by atoms with Gasteiger partial charge in [-0.3, -0.25) is 0 Å². The minimum atomic E-state index is 0.849. The first-order chi connectivity index (χ1) is 6.87. The van der Waals surface area contributed by atoms with Crippen LogP contribution in [0.4, 0.5) is 0 Å². The molecule has 3 saturated carbocycles. The standard InChI is InChI=1S/C14H24/c1-2-8-14-11-5-3-9-13(14,7-1)10-4-6-12-14/h1-12H2. The molecule has 0 amide bonds. The van der Waals surface area contributed by atoms with Crippen LogP contribution in [0.3, 0.4) is 0 Å². The maximum Gasteiger partial charge on any atom is -0.0241 e. The predicted octanol–water partition coefficient (Wildman–Crippen LogP) is 4.68. The van der Waals surface area contributed by atoms with Gasteiger partial charge in [0, 0.05) is 0 Å². The molecule has 0 aromatic carbocycles. The molecule has 0 aromatic heterocycles. The quantitative estimate of drug-likeness (QED) is 0.522. The first kappa shape index (κ1) is 9.24. The van der Waals surface area contributed by atoms with E-state index < -0.39 is 0 Å². The van der Waals surface area contributed by atoms with E-state index in [0.717, 1.165) is 10.8 Å². The van der Waals surface area contributed by atoms with Gasteiger partial charge in [0.2, 0.25) is 0 Å². The van der Waals surface area contributed by atoms with Gasteiger partial charge in [-0.2, -0.15) is 0 Å². The van der Waals surface area contributed by atoms with Gasteiger partial charge >= 0.3 is 0 Å². The van der Waals surface area contributed by atoms with E-state index in [-0.39, 0.29) is 0 Å². The molecule has 0 radical (unpaired) electrons. The van der Waals surface area contributed by atoms with Gasteiger partial charge in [0.05, 0.1) is 0 Å². The third-order valence-electron chi connectivity index (χ3n) is 5.81. The highest BCUT2D eigenvalue weighted by atomic mass is 14.6. The van der Waals surface area contributed by atoms with E-state index in [1.165, 1.54) is 0 Å². The van der Waals surface area contributed by atoms with Crippen LogP contribution in [0, 0.1) is 10.8 Å². The molecular formula is C14H24. The van der Waals surface area contributed by atoms with Gasteiger partial charge in [0.25, 0.3) is 0 Å². The summed E-state index contributed by atoms with van der Waals surface area (Å²) >= 11 is 0. The van der Waals surface area contributed by atoms with Crippen LogP contribution in [0.5, 0.6) is 0 Å². The minimum Gasteiger partial charge on any atom is -0.0527 e. The summed E-state index contributed by atoms with van der Waals surface area (Å²) in [5.41, 5.74) is 1.70. The monoisotopic (exact) mass is 192 g/mol. The second-order valence-electron chi connectivity index (χ2n) is 6.18. The fourth-order valence-corrected chi connectivity index (χ4v) is 5.12. The summed E-state index contributed by atoms with van der Waals surface area (Å²) in [5, 5.41) is 0. The lowest BCUT2D eigenvalue weighted by molar-refractivity contribution is -0.0901. The molecule has 0 atom stereocenters. The van der Waals surface area contributed by atoms with Crippen molar-refractivity contribution in [1.29, 1.82) is 0 Å². The molecule has 3 fully saturated rings. The lowest BCUT2D eigenvalue weighted by atomic mass is 9.45. The van der Waals surface area contributed by atoms with Crippen molar-refractivity contribution >= 4 is 0 Å². The Bertz CT molecular complexity index is 158. The summed E-state index contributed by atoms with van der Waals surface area (Å²) in [6.07, 6.45) is 18.8. The number of hydrogen-bond donors (Lipinski definition) is 0. The highest BCUT2D eigenvalue weighted by molar-refractivity contribution is 5.04. The maximum atomic E-state index is 1.59. The molecule has 3 aliphatic carbocycles. The normalized spacial score (nSPS) is 48.0. The van der Waals surface area contributed by atoms with Crippen LogP contribution in [0.1, 0.15) is 77.0 Å². The van der Waals surface area contributed by atoms with Crippen LogP contribution in [0.2, 0.25) is 0 Å². The lowest BCUT2D eigenvalue weighted by Gasteiger charge is -2.60. The zero-order chi connectivity index (χ0) is 9.49. The fourth-order valence-electron chi connectivity index (χ4n) is 5.12. The highest BCUT2D eigenvalue weighted by Gasteiger charge is 2.53. The van der Waals surface area contributed by atoms with Crippen molar-refractivity contribution in [2.75, 3.05) is 0 Å². The Balaban J connectivity index is 1.94. The molecule has 0 heterocycles. The first-order valence-corrected chi connectivity index (χ1v) is 6.87. The molecule has 0 heteroatoms. The first-order valence-electron chi connectivity index (χ1n) is 6.87. The Hall–Kier alpha value is 0. The summed E-state index contributed by atoms with van der Waals surface area (Å²) in [7, 11) is 0. The van der Waals surface area contributed by atoms with Crippen molar-refractivity contribution in [2.45, 2.75) is 77.0 Å². The molecule has 3 rings (SSSR count). The molecular weight excluding hydrogens is 168 g/mol. The van der Waals surface area contributed by atoms with Gasteiger partial charge in [0.15, 0.2) is 0 Å². The van der Waals surface area contributed by atoms with Gasteiger partial charge in [0.1, 0.15) is 0 Å². The van der Waals surface area contributed by atoms with Crippen molar-refractivity contribution in [3.05, 3.63) is 0 Å². The van der Waals surface area contributed by atoms with Gasteiger partial charge in [-0.25, -0.2) is 0 Å². The van der Waals surface area contributed by atoms with E-state index in [4.69, 9.17) is 0 Å². The molecule has 0 saturated heterocycles. The lowest BCUT2D eigenvalue weighted by Crippen LogP contribution is -2.49. The number of rotatable bonds is 0. The zero-order valence-electron chi connectivity index (χ0n) is 9.49. The van der Waals surface area contributed by atoms with Crippen molar-refractivity contribution in [2.24, 2.45) is 10.8 Å². The van der Waals surface area contributed by atoms with Crippen LogP contribution in [-0.2, 0) is 0 Å². The maximum absolute atomic E-state index is 1.59. The topological polar surface area (TPSA) is 0 Å². The van der Waals surface area contributed by atoms with Gasteiger partial charge < -0.3 is 0 Å². The van der Waals surface area contributed by atoms with Gasteiger partial charge in [-0.15, -0.1) is 0 Å². The third kappa shape index (κ3) is 1.12. The SMILES string of the molecule is C1CCC23CCCCC2(C1)CCCC3. The van der Waals surface area contributed by atoms with E-state index >= 15 is 0 Å². The van der Waals surface area contributed by atoms with Crippen molar-refractivity contribution in [3.8, 4) is 0 Å². The molecule has 0 N–H and O–H groups in total. The molecule has 0 nitrogen and oxygen atoms in total. The second kappa shape index (κ2) is 3.25. The van der Waals surface area contributed by atoms with E-state index in [0.29, 0.717) is 0 Å². The van der Waals surface area contributed by atoms with Crippen molar-refractivity contribution < 1.29 is 0 Å². The zero-order valence-corrected chi connectivity index (χ0v) is 9.49. The van der Waals surface area contributed by atoms with Crippen LogP contribution >= 0.6 is 0 Å². The molecule has 0 unspecified atom stereocenters. The summed E-state index contributed by atoms with van der Waals surface area (Å²) in [6.45, 7) is 0. The van der Waals surface area contributed by atoms with E-state index in [1.807, 2.05) is 0 Å². The molecule has 0 bridgehead atoms. The summed E-state index contributed by atoms with van der Waals surface area (Å²) in [4.78, 5) is 0. The van der Waals surface area contributed by atoms with E-state index in [2.05, 4.69) is 0 Å². The van der Waals surface area contributed by atoms with Crippen LogP contribution in [0.15, 0.2) is 0 Å². The summed E-state index contributed by atoms with van der Waals surface area (Å²) in [6, 6.07) is 0.